The minimum absolute atomic E-state index is 0.108. The first-order valence-electron chi connectivity index (χ1n) is 10.7. The predicted molar refractivity (Wildman–Crippen MR) is 114 cm³/mol. The monoisotopic (exact) mass is 405 g/mol. The number of carbonyl (C=O) groups is 3. The van der Waals surface area contributed by atoms with Gasteiger partial charge in [-0.15, -0.1) is 0 Å². The lowest BCUT2D eigenvalue weighted by molar-refractivity contribution is 0.0622. The summed E-state index contributed by atoms with van der Waals surface area (Å²) in [6.07, 6.45) is 2.81. The Morgan fingerprint density at radius 2 is 1.27 bits per heavy atom. The molecule has 0 spiro atoms. The first-order valence-corrected chi connectivity index (χ1v) is 10.7. The van der Waals surface area contributed by atoms with Crippen LogP contribution in [0.25, 0.3) is 0 Å². The number of piperazine rings is 1. The van der Waals surface area contributed by atoms with E-state index in [1.165, 1.54) is 4.90 Å². The number of hydrogen-bond acceptors (Lipinski definition) is 4. The van der Waals surface area contributed by atoms with E-state index in [1.54, 1.807) is 24.3 Å². The van der Waals surface area contributed by atoms with Gasteiger partial charge in [0.15, 0.2) is 0 Å². The number of rotatable bonds is 7. The Hall–Kier alpha value is -2.99. The molecular formula is C24H27N3O3. The van der Waals surface area contributed by atoms with Gasteiger partial charge in [0.25, 0.3) is 17.7 Å². The SMILES string of the molecule is O=C(c1ccccc1)N1CCN(CCCCCN2C(=O)c3ccccc3C2=O)CC1. The molecule has 4 rings (SSSR count). The maximum atomic E-state index is 12.5. The van der Waals surface area contributed by atoms with Crippen molar-refractivity contribution in [3.8, 4) is 0 Å². The maximum Gasteiger partial charge on any atom is 0.261 e. The summed E-state index contributed by atoms with van der Waals surface area (Å²) in [6, 6.07) is 16.5. The number of amides is 3. The standard InChI is InChI=1S/C24H27N3O3/c28-22(19-9-3-1-4-10-19)26-17-15-25(16-18-26)13-7-2-8-14-27-23(29)20-11-5-6-12-21(20)24(27)30/h1,3-6,9-12H,2,7-8,13-18H2. The van der Waals surface area contributed by atoms with Gasteiger partial charge in [-0.05, 0) is 43.7 Å². The predicted octanol–water partition coefficient (Wildman–Crippen LogP) is 2.91. The number of fused-ring (bicyclic) bond motifs is 1. The third kappa shape index (κ3) is 4.28. The summed E-state index contributed by atoms with van der Waals surface area (Å²) in [5, 5.41) is 0. The maximum absolute atomic E-state index is 12.5. The van der Waals surface area contributed by atoms with Crippen molar-refractivity contribution in [3.63, 3.8) is 0 Å². The number of hydrogen-bond donors (Lipinski definition) is 0. The van der Waals surface area contributed by atoms with Crippen molar-refractivity contribution in [2.24, 2.45) is 0 Å². The molecule has 0 aliphatic carbocycles. The number of imide groups is 1. The van der Waals surface area contributed by atoms with Crippen LogP contribution in [0.15, 0.2) is 54.6 Å². The summed E-state index contributed by atoms with van der Waals surface area (Å²) in [5.41, 5.74) is 1.79. The molecule has 0 atom stereocenters. The molecule has 30 heavy (non-hydrogen) atoms. The van der Waals surface area contributed by atoms with Crippen LogP contribution in [0.1, 0.15) is 50.3 Å². The van der Waals surface area contributed by atoms with Crippen molar-refractivity contribution in [3.05, 3.63) is 71.3 Å². The zero-order valence-corrected chi connectivity index (χ0v) is 17.1. The lowest BCUT2D eigenvalue weighted by Gasteiger charge is -2.34. The Balaban J connectivity index is 1.14. The Morgan fingerprint density at radius 1 is 0.700 bits per heavy atom. The zero-order valence-electron chi connectivity index (χ0n) is 17.1. The van der Waals surface area contributed by atoms with Crippen LogP contribution in [0.3, 0.4) is 0 Å². The van der Waals surface area contributed by atoms with E-state index < -0.39 is 0 Å². The first-order chi connectivity index (χ1) is 14.6. The molecule has 6 nitrogen and oxygen atoms in total. The molecule has 156 valence electrons. The van der Waals surface area contributed by atoms with E-state index >= 15 is 0 Å². The zero-order chi connectivity index (χ0) is 20.9. The number of benzene rings is 2. The average Bonchev–Trinajstić information content (AvgIpc) is 3.04. The van der Waals surface area contributed by atoms with Gasteiger partial charge in [-0.2, -0.15) is 0 Å². The second kappa shape index (κ2) is 9.22. The Bertz CT molecular complexity index is 885. The molecule has 0 saturated carbocycles. The highest BCUT2D eigenvalue weighted by Crippen LogP contribution is 2.22. The molecule has 0 aromatic heterocycles. The highest BCUT2D eigenvalue weighted by atomic mass is 16.2. The molecule has 0 N–H and O–H groups in total. The van der Waals surface area contributed by atoms with Gasteiger partial charge >= 0.3 is 0 Å². The molecule has 2 aliphatic rings. The minimum Gasteiger partial charge on any atom is -0.336 e. The highest BCUT2D eigenvalue weighted by Gasteiger charge is 2.34. The molecule has 2 aromatic rings. The van der Waals surface area contributed by atoms with Crippen LogP contribution in [0.2, 0.25) is 0 Å². The first kappa shape index (κ1) is 20.3. The summed E-state index contributed by atoms with van der Waals surface area (Å²) in [5.74, 6) is -0.235. The van der Waals surface area contributed by atoms with Gasteiger partial charge in [0.05, 0.1) is 11.1 Å². The fourth-order valence-corrected chi connectivity index (χ4v) is 4.16. The summed E-state index contributed by atoms with van der Waals surface area (Å²) >= 11 is 0. The van der Waals surface area contributed by atoms with Gasteiger partial charge in [0, 0.05) is 38.3 Å². The topological polar surface area (TPSA) is 60.9 Å². The summed E-state index contributed by atoms with van der Waals surface area (Å²) in [4.78, 5) is 42.9. The molecule has 0 radical (unpaired) electrons. The Kier molecular flexibility index (Phi) is 6.23. The van der Waals surface area contributed by atoms with Crippen LogP contribution in [-0.2, 0) is 0 Å². The lowest BCUT2D eigenvalue weighted by atomic mass is 10.1. The molecule has 1 saturated heterocycles. The Labute approximate surface area is 177 Å². The van der Waals surface area contributed by atoms with Crippen molar-refractivity contribution >= 4 is 17.7 Å². The Morgan fingerprint density at radius 3 is 1.90 bits per heavy atom. The van der Waals surface area contributed by atoms with Crippen molar-refractivity contribution < 1.29 is 14.4 Å². The number of carbonyl (C=O) groups excluding carboxylic acids is 3. The fraction of sp³-hybridized carbons (Fsp3) is 0.375. The molecule has 1 fully saturated rings. The van der Waals surface area contributed by atoms with Crippen LogP contribution in [0.4, 0.5) is 0 Å². The molecule has 3 amide bonds. The molecule has 2 aliphatic heterocycles. The van der Waals surface area contributed by atoms with Gasteiger partial charge in [-0.1, -0.05) is 36.8 Å². The summed E-state index contributed by atoms with van der Waals surface area (Å²) < 4.78 is 0. The van der Waals surface area contributed by atoms with E-state index in [2.05, 4.69) is 4.90 Å². The van der Waals surface area contributed by atoms with E-state index in [0.29, 0.717) is 17.7 Å². The molecule has 0 bridgehead atoms. The van der Waals surface area contributed by atoms with Gasteiger partial charge < -0.3 is 4.90 Å². The molecule has 0 unspecified atom stereocenters. The minimum atomic E-state index is -0.171. The smallest absolute Gasteiger partial charge is 0.261 e. The fourth-order valence-electron chi connectivity index (χ4n) is 4.16. The number of unbranched alkanes of at least 4 members (excludes halogenated alkanes) is 2. The highest BCUT2D eigenvalue weighted by molar-refractivity contribution is 6.21. The van der Waals surface area contributed by atoms with Gasteiger partial charge in [0.1, 0.15) is 0 Å². The van der Waals surface area contributed by atoms with Crippen LogP contribution >= 0.6 is 0 Å². The third-order valence-corrected chi connectivity index (χ3v) is 5.91. The lowest BCUT2D eigenvalue weighted by Crippen LogP contribution is -2.48. The molecule has 2 aromatic carbocycles. The van der Waals surface area contributed by atoms with Crippen LogP contribution in [0.5, 0.6) is 0 Å². The van der Waals surface area contributed by atoms with Crippen molar-refractivity contribution in [2.75, 3.05) is 39.3 Å². The largest absolute Gasteiger partial charge is 0.336 e. The van der Waals surface area contributed by atoms with E-state index in [0.717, 1.165) is 57.5 Å². The van der Waals surface area contributed by atoms with Crippen molar-refractivity contribution in [1.82, 2.24) is 14.7 Å². The van der Waals surface area contributed by atoms with E-state index in [9.17, 15) is 14.4 Å². The average molecular weight is 405 g/mol. The number of nitrogens with zero attached hydrogens (tertiary/aromatic N) is 3. The van der Waals surface area contributed by atoms with E-state index in [-0.39, 0.29) is 17.7 Å². The van der Waals surface area contributed by atoms with Gasteiger partial charge in [-0.25, -0.2) is 0 Å². The van der Waals surface area contributed by atoms with E-state index in [4.69, 9.17) is 0 Å². The third-order valence-electron chi connectivity index (χ3n) is 5.91. The van der Waals surface area contributed by atoms with Crippen LogP contribution in [0, 0.1) is 0 Å². The second-order valence-electron chi connectivity index (χ2n) is 7.87. The normalized spacial score (nSPS) is 16.8. The second-order valence-corrected chi connectivity index (χ2v) is 7.87. The molecule has 6 heteroatoms. The summed E-state index contributed by atoms with van der Waals surface area (Å²) in [6.45, 7) is 4.74. The summed E-state index contributed by atoms with van der Waals surface area (Å²) in [7, 11) is 0. The van der Waals surface area contributed by atoms with Crippen molar-refractivity contribution in [2.45, 2.75) is 19.3 Å². The van der Waals surface area contributed by atoms with Gasteiger partial charge in [-0.3, -0.25) is 24.2 Å². The molecule has 2 heterocycles. The van der Waals surface area contributed by atoms with Crippen molar-refractivity contribution in [1.29, 1.82) is 0 Å². The van der Waals surface area contributed by atoms with Crippen LogP contribution < -0.4 is 0 Å². The van der Waals surface area contributed by atoms with Gasteiger partial charge in [0.2, 0.25) is 0 Å². The molecular weight excluding hydrogens is 378 g/mol. The van der Waals surface area contributed by atoms with Crippen LogP contribution in [-0.4, -0.2) is 71.7 Å². The van der Waals surface area contributed by atoms with E-state index in [1.807, 2.05) is 35.2 Å². The quantitative estimate of drug-likeness (QED) is 0.525.